The molecule has 1 nitrogen and oxygen atoms in total. The smallest absolute Gasteiger partial charge is 0.0756 e. The maximum Gasteiger partial charge on any atom is 0.0756 e. The predicted octanol–water partition coefficient (Wildman–Crippen LogP) is 7.45. The molecule has 1 aliphatic carbocycles. The number of aryl methyl sites for hydroxylation is 1. The molecule has 1 heterocycles. The first-order chi connectivity index (χ1) is 13.3. The molecule has 0 spiro atoms. The highest BCUT2D eigenvalue weighted by Gasteiger charge is 2.22. The highest BCUT2D eigenvalue weighted by molar-refractivity contribution is 5.25. The second-order valence-electron chi connectivity index (χ2n) is 8.90. The van der Waals surface area contributed by atoms with Gasteiger partial charge in [0.1, 0.15) is 0 Å². The van der Waals surface area contributed by atoms with Gasteiger partial charge in [0, 0.05) is 0 Å². The summed E-state index contributed by atoms with van der Waals surface area (Å²) in [6.45, 7) is 5.50. The fourth-order valence-corrected chi connectivity index (χ4v) is 4.84. The van der Waals surface area contributed by atoms with Crippen LogP contribution in [0.5, 0.6) is 0 Å². The van der Waals surface area contributed by atoms with Crippen molar-refractivity contribution < 1.29 is 4.74 Å². The van der Waals surface area contributed by atoms with E-state index >= 15 is 0 Å². The van der Waals surface area contributed by atoms with Crippen molar-refractivity contribution >= 4 is 0 Å². The van der Waals surface area contributed by atoms with Gasteiger partial charge in [0.25, 0.3) is 0 Å². The van der Waals surface area contributed by atoms with Gasteiger partial charge in [-0.05, 0) is 80.2 Å². The molecule has 1 saturated carbocycles. The summed E-state index contributed by atoms with van der Waals surface area (Å²) in [5.74, 6) is 2.35. The van der Waals surface area contributed by atoms with Crippen LogP contribution < -0.4 is 0 Å². The van der Waals surface area contributed by atoms with Crippen molar-refractivity contribution in [1.82, 2.24) is 0 Å². The van der Waals surface area contributed by atoms with E-state index in [0.717, 1.165) is 30.8 Å². The average Bonchev–Trinajstić information content (AvgIpc) is 2.74. The molecule has 2 aliphatic rings. The van der Waals surface area contributed by atoms with E-state index in [1.54, 1.807) is 5.56 Å². The molecule has 27 heavy (non-hydrogen) atoms. The topological polar surface area (TPSA) is 9.23 Å². The zero-order valence-corrected chi connectivity index (χ0v) is 17.7. The molecule has 1 heteroatoms. The summed E-state index contributed by atoms with van der Waals surface area (Å²) in [7, 11) is 0. The Kier molecular flexibility index (Phi) is 8.45. The van der Waals surface area contributed by atoms with Crippen LogP contribution in [0.4, 0.5) is 0 Å². The molecule has 1 aromatic carbocycles. The SMILES string of the molecule is CCCCCC1CCC(/C=C/C2CCC(c3ccc(CC)cc3)CC2)OC1. The molecule has 0 amide bonds. The molecule has 2 unspecified atom stereocenters. The van der Waals surface area contributed by atoms with Gasteiger partial charge < -0.3 is 4.74 Å². The summed E-state index contributed by atoms with van der Waals surface area (Å²) >= 11 is 0. The molecule has 1 saturated heterocycles. The molecule has 1 aliphatic heterocycles. The highest BCUT2D eigenvalue weighted by atomic mass is 16.5. The molecule has 0 radical (unpaired) electrons. The second kappa shape index (κ2) is 11.1. The van der Waals surface area contributed by atoms with Gasteiger partial charge in [0.05, 0.1) is 12.7 Å². The fourth-order valence-electron chi connectivity index (χ4n) is 4.84. The van der Waals surface area contributed by atoms with Crippen LogP contribution in [0.25, 0.3) is 0 Å². The first kappa shape index (κ1) is 20.6. The van der Waals surface area contributed by atoms with E-state index in [4.69, 9.17) is 4.74 Å². The normalized spacial score (nSPS) is 29.3. The van der Waals surface area contributed by atoms with Crippen molar-refractivity contribution in [2.45, 2.75) is 96.5 Å². The quantitative estimate of drug-likeness (QED) is 0.342. The maximum atomic E-state index is 6.14. The zero-order valence-electron chi connectivity index (χ0n) is 17.7. The standard InChI is InChI=1S/C26H40O/c1-3-5-6-7-23-13-19-26(27-20-23)18-12-22-10-16-25(17-11-22)24-14-8-21(4-2)9-15-24/h8-9,12,14-15,18,22-23,25-26H,3-7,10-11,13,16-17,19-20H2,1-2H3/b18-12+. The Balaban J connectivity index is 1.36. The zero-order chi connectivity index (χ0) is 18.9. The van der Waals surface area contributed by atoms with Gasteiger partial charge in [-0.2, -0.15) is 0 Å². The van der Waals surface area contributed by atoms with Crippen LogP contribution in [0, 0.1) is 11.8 Å². The Labute approximate surface area is 167 Å². The van der Waals surface area contributed by atoms with E-state index in [1.165, 1.54) is 69.8 Å². The largest absolute Gasteiger partial charge is 0.374 e. The van der Waals surface area contributed by atoms with E-state index in [1.807, 2.05) is 0 Å². The van der Waals surface area contributed by atoms with E-state index in [0.29, 0.717) is 6.10 Å². The van der Waals surface area contributed by atoms with Gasteiger partial charge in [-0.3, -0.25) is 0 Å². The van der Waals surface area contributed by atoms with Crippen LogP contribution in [-0.4, -0.2) is 12.7 Å². The van der Waals surface area contributed by atoms with Gasteiger partial charge in [-0.15, -0.1) is 0 Å². The van der Waals surface area contributed by atoms with Crippen molar-refractivity contribution in [3.8, 4) is 0 Å². The number of benzene rings is 1. The minimum atomic E-state index is 0.381. The number of hydrogen-bond donors (Lipinski definition) is 0. The average molecular weight is 369 g/mol. The van der Waals surface area contributed by atoms with Crippen LogP contribution in [-0.2, 0) is 11.2 Å². The molecule has 0 aromatic heterocycles. The Morgan fingerprint density at radius 1 is 0.889 bits per heavy atom. The summed E-state index contributed by atoms with van der Waals surface area (Å²) < 4.78 is 6.14. The predicted molar refractivity (Wildman–Crippen MR) is 116 cm³/mol. The third-order valence-electron chi connectivity index (χ3n) is 6.85. The lowest BCUT2D eigenvalue weighted by Gasteiger charge is -2.29. The van der Waals surface area contributed by atoms with Crippen molar-refractivity contribution in [2.24, 2.45) is 11.8 Å². The molecular formula is C26H40O. The highest BCUT2D eigenvalue weighted by Crippen LogP contribution is 2.36. The Hall–Kier alpha value is -1.08. The van der Waals surface area contributed by atoms with E-state index in [-0.39, 0.29) is 0 Å². The third-order valence-corrected chi connectivity index (χ3v) is 6.85. The Morgan fingerprint density at radius 3 is 2.30 bits per heavy atom. The van der Waals surface area contributed by atoms with Crippen LogP contribution in [0.1, 0.15) is 95.1 Å². The van der Waals surface area contributed by atoms with Gasteiger partial charge in [0.15, 0.2) is 0 Å². The molecular weight excluding hydrogens is 328 g/mol. The number of rotatable bonds is 8. The first-order valence-electron chi connectivity index (χ1n) is 11.7. The second-order valence-corrected chi connectivity index (χ2v) is 8.90. The van der Waals surface area contributed by atoms with Gasteiger partial charge in [-0.25, -0.2) is 0 Å². The lowest BCUT2D eigenvalue weighted by Crippen LogP contribution is -2.24. The van der Waals surface area contributed by atoms with Gasteiger partial charge in [-0.1, -0.05) is 69.5 Å². The van der Waals surface area contributed by atoms with Crippen molar-refractivity contribution in [2.75, 3.05) is 6.61 Å². The van der Waals surface area contributed by atoms with Crippen molar-refractivity contribution in [3.63, 3.8) is 0 Å². The van der Waals surface area contributed by atoms with E-state index < -0.39 is 0 Å². The minimum absolute atomic E-state index is 0.381. The summed E-state index contributed by atoms with van der Waals surface area (Å²) in [4.78, 5) is 0. The number of unbranched alkanes of at least 4 members (excludes halogenated alkanes) is 2. The first-order valence-corrected chi connectivity index (χ1v) is 11.7. The van der Waals surface area contributed by atoms with Crippen LogP contribution >= 0.6 is 0 Å². The number of hydrogen-bond acceptors (Lipinski definition) is 1. The monoisotopic (exact) mass is 368 g/mol. The molecule has 0 bridgehead atoms. The van der Waals surface area contributed by atoms with Crippen molar-refractivity contribution in [1.29, 1.82) is 0 Å². The summed E-state index contributed by atoms with van der Waals surface area (Å²) in [6.07, 6.45) is 19.8. The van der Waals surface area contributed by atoms with E-state index in [9.17, 15) is 0 Å². The molecule has 150 valence electrons. The van der Waals surface area contributed by atoms with Gasteiger partial charge >= 0.3 is 0 Å². The summed E-state index contributed by atoms with van der Waals surface area (Å²) in [5.41, 5.74) is 3.01. The third kappa shape index (κ3) is 6.49. The number of ether oxygens (including phenoxy) is 1. The van der Waals surface area contributed by atoms with E-state index in [2.05, 4.69) is 50.3 Å². The fraction of sp³-hybridized carbons (Fsp3) is 0.692. The van der Waals surface area contributed by atoms with Gasteiger partial charge in [0.2, 0.25) is 0 Å². The van der Waals surface area contributed by atoms with Crippen molar-refractivity contribution in [3.05, 3.63) is 47.5 Å². The number of allylic oxidation sites excluding steroid dienone is 1. The summed E-state index contributed by atoms with van der Waals surface area (Å²) in [5, 5.41) is 0. The maximum absolute atomic E-state index is 6.14. The molecule has 2 fully saturated rings. The Morgan fingerprint density at radius 2 is 1.67 bits per heavy atom. The summed E-state index contributed by atoms with van der Waals surface area (Å²) in [6, 6.07) is 9.37. The lowest BCUT2D eigenvalue weighted by molar-refractivity contribution is 0.00756. The molecule has 3 rings (SSSR count). The molecule has 2 atom stereocenters. The molecule has 1 aromatic rings. The van der Waals surface area contributed by atoms with Crippen LogP contribution in [0.2, 0.25) is 0 Å². The molecule has 0 N–H and O–H groups in total. The van der Waals surface area contributed by atoms with Crippen LogP contribution in [0.3, 0.4) is 0 Å². The minimum Gasteiger partial charge on any atom is -0.374 e. The lowest BCUT2D eigenvalue weighted by atomic mass is 9.78. The Bertz CT molecular complexity index is 542. The van der Waals surface area contributed by atoms with Crippen LogP contribution in [0.15, 0.2) is 36.4 Å².